The number of benzene rings is 1. The topological polar surface area (TPSA) is 91.7 Å². The molecule has 8 nitrogen and oxygen atoms in total. The van der Waals surface area contributed by atoms with Crippen LogP contribution in [0.15, 0.2) is 36.5 Å². The number of alkyl carbamates (subject to hydrolysis) is 1. The monoisotopic (exact) mass is 387 g/mol. The van der Waals surface area contributed by atoms with Crippen LogP contribution in [0.3, 0.4) is 0 Å². The lowest BCUT2D eigenvalue weighted by molar-refractivity contribution is -0.0400. The number of hydrogen-bond acceptors (Lipinski definition) is 6. The van der Waals surface area contributed by atoms with Gasteiger partial charge in [-0.25, -0.2) is 9.48 Å². The lowest BCUT2D eigenvalue weighted by Gasteiger charge is -2.22. The van der Waals surface area contributed by atoms with Crippen LogP contribution < -0.4 is 10.1 Å². The molecule has 1 fully saturated rings. The first kappa shape index (κ1) is 19.9. The second-order valence-corrected chi connectivity index (χ2v) is 6.54. The lowest BCUT2D eigenvalue weighted by Crippen LogP contribution is -2.28. The number of ether oxygens (including phenoxy) is 3. The Kier molecular flexibility index (Phi) is 7.02. The third kappa shape index (κ3) is 5.56. The Morgan fingerprint density at radius 3 is 2.82 bits per heavy atom. The molecule has 150 valence electrons. The number of hydrogen-bond donors (Lipinski definition) is 1. The lowest BCUT2D eigenvalue weighted by atomic mass is 10.2. The fourth-order valence-electron chi connectivity index (χ4n) is 2.88. The molecule has 0 aliphatic carbocycles. The van der Waals surface area contributed by atoms with Crippen LogP contribution in [-0.4, -0.2) is 41.4 Å². The molecule has 8 heteroatoms. The van der Waals surface area contributed by atoms with E-state index in [1.54, 1.807) is 10.9 Å². The second-order valence-electron chi connectivity index (χ2n) is 6.54. The van der Waals surface area contributed by atoms with Gasteiger partial charge in [0.2, 0.25) is 5.88 Å². The van der Waals surface area contributed by atoms with Gasteiger partial charge in [0.25, 0.3) is 0 Å². The highest BCUT2D eigenvalue weighted by Crippen LogP contribution is 2.25. The van der Waals surface area contributed by atoms with E-state index in [-0.39, 0.29) is 37.6 Å². The fraction of sp³-hybridized carbons (Fsp3) is 0.450. The molecular formula is C20H25N3O5. The molecule has 1 saturated heterocycles. The summed E-state index contributed by atoms with van der Waals surface area (Å²) >= 11 is 0. The zero-order valence-electron chi connectivity index (χ0n) is 15.9. The summed E-state index contributed by atoms with van der Waals surface area (Å²) in [4.78, 5) is 23.6. The van der Waals surface area contributed by atoms with E-state index in [2.05, 4.69) is 10.4 Å². The molecule has 1 aliphatic heterocycles. The summed E-state index contributed by atoms with van der Waals surface area (Å²) in [6, 6.07) is 9.43. The van der Waals surface area contributed by atoms with E-state index in [0.29, 0.717) is 12.2 Å². The minimum absolute atomic E-state index is 0.132. The molecule has 1 aromatic heterocycles. The van der Waals surface area contributed by atoms with Crippen LogP contribution >= 0.6 is 0 Å². The summed E-state index contributed by atoms with van der Waals surface area (Å²) in [5.74, 6) is 0.119. The molecule has 0 radical (unpaired) electrons. The minimum Gasteiger partial charge on any atom is -0.474 e. The maximum absolute atomic E-state index is 11.9. The number of rotatable bonds is 8. The van der Waals surface area contributed by atoms with Crippen molar-refractivity contribution in [1.82, 2.24) is 15.1 Å². The van der Waals surface area contributed by atoms with Crippen molar-refractivity contribution in [2.45, 2.75) is 39.0 Å². The Hall–Kier alpha value is -2.87. The van der Waals surface area contributed by atoms with Gasteiger partial charge in [-0.3, -0.25) is 4.79 Å². The average Bonchev–Trinajstić information content (AvgIpc) is 3.16. The third-order valence-corrected chi connectivity index (χ3v) is 4.35. The quantitative estimate of drug-likeness (QED) is 0.553. The van der Waals surface area contributed by atoms with Crippen molar-refractivity contribution in [3.05, 3.63) is 47.7 Å². The van der Waals surface area contributed by atoms with E-state index in [1.807, 2.05) is 30.3 Å². The van der Waals surface area contributed by atoms with Crippen LogP contribution in [0.5, 0.6) is 5.88 Å². The van der Waals surface area contributed by atoms with Gasteiger partial charge < -0.3 is 19.5 Å². The largest absolute Gasteiger partial charge is 0.474 e. The fourth-order valence-corrected chi connectivity index (χ4v) is 2.88. The number of carbonyl (C=O) groups excluding carboxylic acids is 2. The molecule has 1 N–H and O–H groups in total. The highest BCUT2D eigenvalue weighted by Gasteiger charge is 2.21. The summed E-state index contributed by atoms with van der Waals surface area (Å²) in [6.07, 6.45) is 3.91. The molecule has 0 bridgehead atoms. The Balaban J connectivity index is 1.45. The number of carbonyl (C=O) groups is 2. The second kappa shape index (κ2) is 9.89. The number of aromatic nitrogens is 2. The molecule has 1 unspecified atom stereocenters. The number of ketones is 1. The van der Waals surface area contributed by atoms with Crippen molar-refractivity contribution in [2.75, 3.05) is 19.8 Å². The maximum Gasteiger partial charge on any atom is 0.407 e. The van der Waals surface area contributed by atoms with E-state index in [0.717, 1.165) is 24.8 Å². The van der Waals surface area contributed by atoms with Crippen LogP contribution in [0.25, 0.3) is 0 Å². The van der Waals surface area contributed by atoms with Gasteiger partial charge in [-0.15, -0.1) is 5.10 Å². The first-order valence-electron chi connectivity index (χ1n) is 9.42. The molecule has 1 amide bonds. The predicted octanol–water partition coefficient (Wildman–Crippen LogP) is 3.09. The van der Waals surface area contributed by atoms with Gasteiger partial charge in [0.05, 0.1) is 12.1 Å². The van der Waals surface area contributed by atoms with E-state index in [9.17, 15) is 9.59 Å². The molecule has 1 aromatic carbocycles. The van der Waals surface area contributed by atoms with Crippen molar-refractivity contribution >= 4 is 11.9 Å². The Bertz CT molecular complexity index is 784. The van der Waals surface area contributed by atoms with E-state index in [4.69, 9.17) is 14.2 Å². The van der Waals surface area contributed by atoms with E-state index >= 15 is 0 Å². The molecule has 1 atom stereocenters. The highest BCUT2D eigenvalue weighted by atomic mass is 16.5. The zero-order valence-corrected chi connectivity index (χ0v) is 15.9. The van der Waals surface area contributed by atoms with Crippen LogP contribution in [-0.2, 0) is 16.1 Å². The number of nitrogens with one attached hydrogen (secondary N) is 1. The van der Waals surface area contributed by atoms with Gasteiger partial charge in [0.1, 0.15) is 19.4 Å². The van der Waals surface area contributed by atoms with Crippen molar-refractivity contribution in [2.24, 2.45) is 0 Å². The normalized spacial score (nSPS) is 16.4. The summed E-state index contributed by atoms with van der Waals surface area (Å²) < 4.78 is 18.1. The Morgan fingerprint density at radius 1 is 1.29 bits per heavy atom. The molecule has 1 aliphatic rings. The van der Waals surface area contributed by atoms with Gasteiger partial charge in [0.15, 0.2) is 5.78 Å². The van der Waals surface area contributed by atoms with Gasteiger partial charge in [-0.1, -0.05) is 30.3 Å². The minimum atomic E-state index is -0.527. The SMILES string of the molecule is CC(=O)c1cn(C2CCCCO2)nc1OCCNC(=O)OCc1ccccc1. The van der Waals surface area contributed by atoms with Crippen molar-refractivity contribution in [3.63, 3.8) is 0 Å². The highest BCUT2D eigenvalue weighted by molar-refractivity contribution is 5.96. The molecule has 0 saturated carbocycles. The number of Topliss-reactive ketones (excluding diaryl/α,β-unsaturated/α-hetero) is 1. The average molecular weight is 387 g/mol. The van der Waals surface area contributed by atoms with Crippen LogP contribution in [0.1, 0.15) is 48.3 Å². The van der Waals surface area contributed by atoms with Crippen molar-refractivity contribution in [3.8, 4) is 5.88 Å². The first-order valence-corrected chi connectivity index (χ1v) is 9.42. The zero-order chi connectivity index (χ0) is 19.8. The van der Waals surface area contributed by atoms with Gasteiger partial charge >= 0.3 is 6.09 Å². The smallest absolute Gasteiger partial charge is 0.407 e. The van der Waals surface area contributed by atoms with Gasteiger partial charge in [-0.2, -0.15) is 0 Å². The molecular weight excluding hydrogens is 362 g/mol. The predicted molar refractivity (Wildman–Crippen MR) is 101 cm³/mol. The molecule has 0 spiro atoms. The van der Waals surface area contributed by atoms with Crippen LogP contribution in [0.4, 0.5) is 4.79 Å². The number of amides is 1. The molecule has 3 rings (SSSR count). The first-order chi connectivity index (χ1) is 13.6. The third-order valence-electron chi connectivity index (χ3n) is 4.35. The van der Waals surface area contributed by atoms with Crippen molar-refractivity contribution < 1.29 is 23.8 Å². The Morgan fingerprint density at radius 2 is 2.11 bits per heavy atom. The standard InChI is InChI=1S/C20H25N3O5/c1-15(24)17-13-23(18-9-5-6-11-26-18)22-19(17)27-12-10-21-20(25)28-14-16-7-3-2-4-8-16/h2-4,7-8,13,18H,5-6,9-12,14H2,1H3,(H,21,25). The van der Waals surface area contributed by atoms with E-state index < -0.39 is 6.09 Å². The molecule has 28 heavy (non-hydrogen) atoms. The summed E-state index contributed by atoms with van der Waals surface area (Å²) in [5, 5.41) is 6.96. The Labute approximate surface area is 163 Å². The summed E-state index contributed by atoms with van der Waals surface area (Å²) in [7, 11) is 0. The number of nitrogens with zero attached hydrogens (tertiary/aromatic N) is 2. The van der Waals surface area contributed by atoms with Crippen LogP contribution in [0.2, 0.25) is 0 Å². The van der Waals surface area contributed by atoms with Crippen LogP contribution in [0, 0.1) is 0 Å². The van der Waals surface area contributed by atoms with E-state index in [1.165, 1.54) is 6.92 Å². The van der Waals surface area contributed by atoms with Crippen molar-refractivity contribution in [1.29, 1.82) is 0 Å². The van der Waals surface area contributed by atoms with Gasteiger partial charge in [0, 0.05) is 12.8 Å². The molecule has 2 aromatic rings. The summed E-state index contributed by atoms with van der Waals surface area (Å²) in [6.45, 7) is 2.76. The maximum atomic E-state index is 11.9. The van der Waals surface area contributed by atoms with Gasteiger partial charge in [-0.05, 0) is 31.7 Å². The molecule has 2 heterocycles. The summed E-state index contributed by atoms with van der Waals surface area (Å²) in [5.41, 5.74) is 1.32.